The summed E-state index contributed by atoms with van der Waals surface area (Å²) in [6.45, 7) is 7.33. The van der Waals surface area contributed by atoms with E-state index in [0.717, 1.165) is 51.1 Å². The first kappa shape index (κ1) is 25.0. The Morgan fingerprint density at radius 3 is 2.30 bits per heavy atom. The molecule has 3 heterocycles. The van der Waals surface area contributed by atoms with Crippen molar-refractivity contribution in [3.63, 3.8) is 0 Å². The van der Waals surface area contributed by atoms with Crippen molar-refractivity contribution in [2.75, 3.05) is 62.8 Å². The van der Waals surface area contributed by atoms with E-state index in [0.29, 0.717) is 6.04 Å². The number of benzene rings is 2. The SMILES string of the molecule is COCCN(c1nsc2ccccc12)C1CCC(CCN2CCN(c3nsc4ccccc34)CC2)CC1. The Hall–Kier alpha value is -2.26. The van der Waals surface area contributed by atoms with Crippen LogP contribution in [0.15, 0.2) is 48.5 Å². The Morgan fingerprint density at radius 1 is 0.865 bits per heavy atom. The van der Waals surface area contributed by atoms with Crippen LogP contribution in [0.25, 0.3) is 20.2 Å². The second kappa shape index (κ2) is 11.6. The minimum atomic E-state index is 0.563. The van der Waals surface area contributed by atoms with Crippen molar-refractivity contribution >= 4 is 54.9 Å². The van der Waals surface area contributed by atoms with Gasteiger partial charge in [0.05, 0.1) is 16.0 Å². The third kappa shape index (κ3) is 5.48. The number of rotatable bonds is 9. The molecule has 196 valence electrons. The van der Waals surface area contributed by atoms with Gasteiger partial charge in [-0.3, -0.25) is 4.90 Å². The zero-order valence-corrected chi connectivity index (χ0v) is 23.4. The van der Waals surface area contributed by atoms with E-state index in [1.54, 1.807) is 30.2 Å². The predicted molar refractivity (Wildman–Crippen MR) is 157 cm³/mol. The highest BCUT2D eigenvalue weighted by molar-refractivity contribution is 7.14. The van der Waals surface area contributed by atoms with Crippen LogP contribution in [0.5, 0.6) is 0 Å². The van der Waals surface area contributed by atoms with E-state index in [4.69, 9.17) is 13.5 Å². The summed E-state index contributed by atoms with van der Waals surface area (Å²) in [5.41, 5.74) is 0. The molecule has 4 aromatic rings. The minimum Gasteiger partial charge on any atom is -0.383 e. The normalized spacial score (nSPS) is 21.2. The monoisotopic (exact) mass is 535 g/mol. The zero-order valence-electron chi connectivity index (χ0n) is 21.7. The van der Waals surface area contributed by atoms with Gasteiger partial charge in [0.15, 0.2) is 0 Å². The van der Waals surface area contributed by atoms with Crippen molar-refractivity contribution in [2.45, 2.75) is 38.1 Å². The van der Waals surface area contributed by atoms with Crippen molar-refractivity contribution < 1.29 is 4.74 Å². The first-order valence-electron chi connectivity index (χ1n) is 13.7. The molecular weight excluding hydrogens is 498 g/mol. The minimum absolute atomic E-state index is 0.563. The Bertz CT molecular complexity index is 1290. The fourth-order valence-corrected chi connectivity index (χ4v) is 7.71. The van der Waals surface area contributed by atoms with E-state index < -0.39 is 0 Å². The molecule has 2 aromatic heterocycles. The van der Waals surface area contributed by atoms with Crippen LogP contribution in [-0.4, -0.2) is 72.7 Å². The van der Waals surface area contributed by atoms with Crippen molar-refractivity contribution in [3.8, 4) is 0 Å². The molecule has 2 aliphatic rings. The number of hydrogen-bond donors (Lipinski definition) is 0. The van der Waals surface area contributed by atoms with Crippen LogP contribution < -0.4 is 9.80 Å². The van der Waals surface area contributed by atoms with Crippen LogP contribution in [0.4, 0.5) is 11.6 Å². The number of fused-ring (bicyclic) bond motifs is 2. The highest BCUT2D eigenvalue weighted by Crippen LogP contribution is 2.36. The van der Waals surface area contributed by atoms with Gasteiger partial charge in [0, 0.05) is 56.6 Å². The number of ether oxygens (including phenoxy) is 1. The quantitative estimate of drug-likeness (QED) is 0.257. The molecule has 1 saturated heterocycles. The number of nitrogens with zero attached hydrogens (tertiary/aromatic N) is 5. The predicted octanol–water partition coefficient (Wildman–Crippen LogP) is 6.13. The van der Waals surface area contributed by atoms with Gasteiger partial charge in [-0.25, -0.2) is 0 Å². The maximum absolute atomic E-state index is 5.47. The lowest BCUT2D eigenvalue weighted by Gasteiger charge is -2.39. The largest absolute Gasteiger partial charge is 0.383 e. The molecule has 0 N–H and O–H groups in total. The zero-order chi connectivity index (χ0) is 25.0. The molecule has 1 aliphatic heterocycles. The third-order valence-electron chi connectivity index (χ3n) is 8.31. The molecule has 8 heteroatoms. The summed E-state index contributed by atoms with van der Waals surface area (Å²) in [6, 6.07) is 17.8. The average molecular weight is 536 g/mol. The summed E-state index contributed by atoms with van der Waals surface area (Å²) in [7, 11) is 1.80. The first-order valence-corrected chi connectivity index (χ1v) is 15.3. The van der Waals surface area contributed by atoms with E-state index in [1.807, 2.05) is 0 Å². The van der Waals surface area contributed by atoms with Crippen LogP contribution in [0, 0.1) is 5.92 Å². The first-order chi connectivity index (χ1) is 18.3. The Balaban J connectivity index is 0.994. The number of hydrogen-bond acceptors (Lipinski definition) is 8. The van der Waals surface area contributed by atoms with E-state index >= 15 is 0 Å². The molecule has 0 radical (unpaired) electrons. The summed E-state index contributed by atoms with van der Waals surface area (Å²) >= 11 is 3.24. The van der Waals surface area contributed by atoms with E-state index in [-0.39, 0.29) is 0 Å². The molecule has 6 rings (SSSR count). The van der Waals surface area contributed by atoms with Crippen LogP contribution in [0.3, 0.4) is 0 Å². The number of anilines is 2. The molecular formula is C29H37N5OS2. The Morgan fingerprint density at radius 2 is 1.54 bits per heavy atom. The summed E-state index contributed by atoms with van der Waals surface area (Å²) in [5.74, 6) is 3.18. The molecule has 0 unspecified atom stereocenters. The van der Waals surface area contributed by atoms with Crippen molar-refractivity contribution in [2.24, 2.45) is 5.92 Å². The molecule has 0 spiro atoms. The van der Waals surface area contributed by atoms with Gasteiger partial charge in [-0.05, 0) is 91.9 Å². The summed E-state index contributed by atoms with van der Waals surface area (Å²) in [5, 5.41) is 2.60. The topological polar surface area (TPSA) is 44.7 Å². The molecule has 1 aliphatic carbocycles. The smallest absolute Gasteiger partial charge is 0.150 e. The maximum atomic E-state index is 5.47. The fraction of sp³-hybridized carbons (Fsp3) is 0.517. The van der Waals surface area contributed by atoms with E-state index in [1.165, 1.54) is 64.6 Å². The fourth-order valence-electron chi connectivity index (χ4n) is 6.13. The highest BCUT2D eigenvalue weighted by Gasteiger charge is 2.29. The molecule has 0 bridgehead atoms. The Kier molecular flexibility index (Phi) is 7.88. The average Bonchev–Trinajstić information content (AvgIpc) is 3.58. The van der Waals surface area contributed by atoms with Crippen LogP contribution in [0.1, 0.15) is 32.1 Å². The number of piperazine rings is 1. The lowest BCUT2D eigenvalue weighted by atomic mass is 9.83. The molecule has 2 aromatic carbocycles. The summed E-state index contributed by atoms with van der Waals surface area (Å²) in [4.78, 5) is 7.70. The molecule has 1 saturated carbocycles. The van der Waals surface area contributed by atoms with Crippen molar-refractivity contribution in [1.82, 2.24) is 13.6 Å². The lowest BCUT2D eigenvalue weighted by molar-refractivity contribution is 0.194. The summed E-state index contributed by atoms with van der Waals surface area (Å²) < 4.78 is 17.7. The van der Waals surface area contributed by atoms with Gasteiger partial charge in [-0.2, -0.15) is 8.75 Å². The van der Waals surface area contributed by atoms with Crippen LogP contribution in [-0.2, 0) is 4.74 Å². The van der Waals surface area contributed by atoms with Gasteiger partial charge < -0.3 is 14.5 Å². The highest BCUT2D eigenvalue weighted by atomic mass is 32.1. The van der Waals surface area contributed by atoms with Crippen molar-refractivity contribution in [1.29, 1.82) is 0 Å². The van der Waals surface area contributed by atoms with E-state index in [9.17, 15) is 0 Å². The molecule has 2 fully saturated rings. The molecule has 37 heavy (non-hydrogen) atoms. The molecule has 0 atom stereocenters. The second-order valence-electron chi connectivity index (χ2n) is 10.5. The van der Waals surface area contributed by atoms with Gasteiger partial charge >= 0.3 is 0 Å². The van der Waals surface area contributed by atoms with Crippen molar-refractivity contribution in [3.05, 3.63) is 48.5 Å². The van der Waals surface area contributed by atoms with Gasteiger partial charge in [0.2, 0.25) is 0 Å². The number of methoxy groups -OCH3 is 1. The maximum Gasteiger partial charge on any atom is 0.150 e. The van der Waals surface area contributed by atoms with Gasteiger partial charge in [-0.15, -0.1) is 0 Å². The second-order valence-corrected chi connectivity index (χ2v) is 12.1. The third-order valence-corrected chi connectivity index (χ3v) is 9.94. The Labute approximate surface area is 228 Å². The lowest BCUT2D eigenvalue weighted by Crippen LogP contribution is -2.47. The standard InChI is InChI=1S/C29H37N5OS2/c1-35-21-20-34(29-25-7-3-5-9-27(25)37-31-29)23-12-10-22(11-13-23)14-15-32-16-18-33(19-17-32)28-24-6-2-4-8-26(24)36-30-28/h2-9,22-23H,10-21H2,1H3. The molecule has 0 amide bonds. The van der Waals surface area contributed by atoms with Gasteiger partial charge in [0.1, 0.15) is 11.6 Å². The summed E-state index contributed by atoms with van der Waals surface area (Å²) in [6.07, 6.45) is 6.47. The van der Waals surface area contributed by atoms with Gasteiger partial charge in [-0.1, -0.05) is 24.3 Å². The number of aromatic nitrogens is 2. The van der Waals surface area contributed by atoms with Gasteiger partial charge in [0.25, 0.3) is 0 Å². The van der Waals surface area contributed by atoms with Crippen LogP contribution in [0.2, 0.25) is 0 Å². The van der Waals surface area contributed by atoms with E-state index in [2.05, 4.69) is 63.2 Å². The van der Waals surface area contributed by atoms with Crippen LogP contribution >= 0.6 is 23.1 Å². The molecule has 6 nitrogen and oxygen atoms in total.